The number of benzene rings is 1. The van der Waals surface area contributed by atoms with Crippen molar-refractivity contribution in [3.63, 3.8) is 0 Å². The van der Waals surface area contributed by atoms with Gasteiger partial charge < -0.3 is 4.98 Å². The minimum atomic E-state index is -0.910. The van der Waals surface area contributed by atoms with Gasteiger partial charge in [0.1, 0.15) is 0 Å². The highest BCUT2D eigenvalue weighted by Crippen LogP contribution is 2.21. The van der Waals surface area contributed by atoms with Gasteiger partial charge in [0.05, 0.1) is 17.1 Å². The van der Waals surface area contributed by atoms with Crippen molar-refractivity contribution in [3.8, 4) is 6.07 Å². The number of nitrogens with one attached hydrogen (secondary N) is 1. The van der Waals surface area contributed by atoms with E-state index in [1.165, 1.54) is 11.8 Å². The second-order valence-electron chi connectivity index (χ2n) is 3.08. The van der Waals surface area contributed by atoms with E-state index in [0.717, 1.165) is 12.1 Å². The van der Waals surface area contributed by atoms with Gasteiger partial charge in [0.25, 0.3) is 0 Å². The maximum Gasteiger partial charge on any atom is 0.166 e. The molecule has 1 heterocycles. The molecule has 0 atom stereocenters. The third-order valence-electron chi connectivity index (χ3n) is 1.95. The fourth-order valence-electron chi connectivity index (χ4n) is 1.24. The normalized spacial score (nSPS) is 10.6. The molecule has 0 saturated carbocycles. The Morgan fingerprint density at radius 2 is 2.12 bits per heavy atom. The first-order chi connectivity index (χ1) is 7.70. The van der Waals surface area contributed by atoms with E-state index in [-0.39, 0.29) is 0 Å². The number of halogens is 2. The SMILES string of the molecule is N#CCCSc1nc2cc(F)c(F)cc2[nH]1. The average Bonchev–Trinajstić information content (AvgIpc) is 2.61. The molecule has 0 radical (unpaired) electrons. The van der Waals surface area contributed by atoms with Gasteiger partial charge >= 0.3 is 0 Å². The predicted molar refractivity (Wildman–Crippen MR) is 57.0 cm³/mol. The maximum atomic E-state index is 12.9. The van der Waals surface area contributed by atoms with Crippen LogP contribution in [0.5, 0.6) is 0 Å². The summed E-state index contributed by atoms with van der Waals surface area (Å²) in [6.07, 6.45) is 0.407. The lowest BCUT2D eigenvalue weighted by Gasteiger charge is -1.90. The zero-order chi connectivity index (χ0) is 11.5. The number of hydrogen-bond acceptors (Lipinski definition) is 3. The molecule has 0 bridgehead atoms. The fraction of sp³-hybridized carbons (Fsp3) is 0.200. The molecule has 0 unspecified atom stereocenters. The van der Waals surface area contributed by atoms with Crippen LogP contribution in [0.1, 0.15) is 6.42 Å². The minimum Gasteiger partial charge on any atom is -0.333 e. The molecule has 1 aromatic carbocycles. The van der Waals surface area contributed by atoms with Crippen LogP contribution in [0, 0.1) is 23.0 Å². The van der Waals surface area contributed by atoms with Crippen LogP contribution in [0.15, 0.2) is 17.3 Å². The Labute approximate surface area is 94.5 Å². The molecular formula is C10H7F2N3S. The highest BCUT2D eigenvalue weighted by molar-refractivity contribution is 7.99. The van der Waals surface area contributed by atoms with E-state index >= 15 is 0 Å². The van der Waals surface area contributed by atoms with Crippen LogP contribution in [0.2, 0.25) is 0 Å². The number of rotatable bonds is 3. The van der Waals surface area contributed by atoms with Crippen molar-refractivity contribution < 1.29 is 8.78 Å². The van der Waals surface area contributed by atoms with Crippen LogP contribution in [0.4, 0.5) is 8.78 Å². The van der Waals surface area contributed by atoms with Gasteiger partial charge in [-0.25, -0.2) is 13.8 Å². The number of nitriles is 1. The van der Waals surface area contributed by atoms with Crippen molar-refractivity contribution >= 4 is 22.8 Å². The van der Waals surface area contributed by atoms with E-state index in [2.05, 4.69) is 9.97 Å². The second-order valence-corrected chi connectivity index (χ2v) is 4.17. The third kappa shape index (κ3) is 2.14. The largest absolute Gasteiger partial charge is 0.333 e. The molecule has 0 fully saturated rings. The van der Waals surface area contributed by atoms with E-state index < -0.39 is 11.6 Å². The number of nitrogens with zero attached hydrogens (tertiary/aromatic N) is 2. The van der Waals surface area contributed by atoms with Crippen molar-refractivity contribution in [2.75, 3.05) is 5.75 Å². The maximum absolute atomic E-state index is 12.9. The molecule has 16 heavy (non-hydrogen) atoms. The van der Waals surface area contributed by atoms with Gasteiger partial charge in [0, 0.05) is 24.3 Å². The zero-order valence-corrected chi connectivity index (χ0v) is 8.94. The van der Waals surface area contributed by atoms with Crippen molar-refractivity contribution in [1.29, 1.82) is 5.26 Å². The summed E-state index contributed by atoms with van der Waals surface area (Å²) in [5.41, 5.74) is 0.844. The molecule has 0 spiro atoms. The number of aromatic amines is 1. The lowest BCUT2D eigenvalue weighted by atomic mass is 10.3. The lowest BCUT2D eigenvalue weighted by Crippen LogP contribution is -1.82. The molecule has 3 nitrogen and oxygen atoms in total. The van der Waals surface area contributed by atoms with Gasteiger partial charge in [0.15, 0.2) is 16.8 Å². The third-order valence-corrected chi connectivity index (χ3v) is 2.83. The van der Waals surface area contributed by atoms with E-state index in [1.54, 1.807) is 0 Å². The first-order valence-corrected chi connectivity index (χ1v) is 5.54. The van der Waals surface area contributed by atoms with Crippen molar-refractivity contribution in [2.45, 2.75) is 11.6 Å². The predicted octanol–water partition coefficient (Wildman–Crippen LogP) is 2.85. The molecular weight excluding hydrogens is 232 g/mol. The van der Waals surface area contributed by atoms with Crippen LogP contribution >= 0.6 is 11.8 Å². The van der Waals surface area contributed by atoms with E-state index in [9.17, 15) is 8.78 Å². The summed E-state index contributed by atoms with van der Waals surface area (Å²) >= 11 is 1.35. The number of aromatic nitrogens is 2. The average molecular weight is 239 g/mol. The second kappa shape index (κ2) is 4.49. The van der Waals surface area contributed by atoms with Gasteiger partial charge in [-0.3, -0.25) is 0 Å². The summed E-state index contributed by atoms with van der Waals surface area (Å²) in [4.78, 5) is 6.94. The monoisotopic (exact) mass is 239 g/mol. The first-order valence-electron chi connectivity index (χ1n) is 4.55. The van der Waals surface area contributed by atoms with Gasteiger partial charge in [-0.2, -0.15) is 5.26 Å². The molecule has 0 aliphatic heterocycles. The first kappa shape index (κ1) is 10.9. The van der Waals surface area contributed by atoms with Crippen molar-refractivity contribution in [1.82, 2.24) is 9.97 Å². The van der Waals surface area contributed by atoms with Gasteiger partial charge in [-0.15, -0.1) is 0 Å². The van der Waals surface area contributed by atoms with Gasteiger partial charge in [-0.05, 0) is 0 Å². The highest BCUT2D eigenvalue weighted by atomic mass is 32.2. The minimum absolute atomic E-state index is 0.387. The number of imidazole rings is 1. The summed E-state index contributed by atoms with van der Waals surface area (Å²) in [6.45, 7) is 0. The van der Waals surface area contributed by atoms with Crippen LogP contribution in [0.25, 0.3) is 11.0 Å². The van der Waals surface area contributed by atoms with Crippen molar-refractivity contribution in [2.24, 2.45) is 0 Å². The Morgan fingerprint density at radius 3 is 2.88 bits per heavy atom. The molecule has 82 valence electrons. The van der Waals surface area contributed by atoms with Crippen LogP contribution in [-0.4, -0.2) is 15.7 Å². The van der Waals surface area contributed by atoms with Gasteiger partial charge in [0.2, 0.25) is 0 Å². The molecule has 0 amide bonds. The molecule has 0 saturated heterocycles. The number of H-pyrrole nitrogens is 1. The number of hydrogen-bond donors (Lipinski definition) is 1. The summed E-state index contributed by atoms with van der Waals surface area (Å²) in [5, 5.41) is 8.93. The quantitative estimate of drug-likeness (QED) is 0.662. The molecule has 2 aromatic rings. The Morgan fingerprint density at radius 1 is 1.38 bits per heavy atom. The summed E-state index contributed by atoms with van der Waals surface area (Å²) in [7, 11) is 0. The Kier molecular flexibility index (Phi) is 3.06. The topological polar surface area (TPSA) is 52.5 Å². The number of thioether (sulfide) groups is 1. The molecule has 1 aromatic heterocycles. The standard InChI is InChI=1S/C10H7F2N3S/c11-6-4-8-9(5-7(6)12)15-10(14-8)16-3-1-2-13/h4-5H,1,3H2,(H,14,15). The summed E-state index contributed by atoms with van der Waals surface area (Å²) in [5.74, 6) is -1.21. The Bertz CT molecular complexity index is 520. The summed E-state index contributed by atoms with van der Waals surface area (Å²) in [6, 6.07) is 4.13. The number of fused-ring (bicyclic) bond motifs is 1. The summed E-state index contributed by atoms with van der Waals surface area (Å²) < 4.78 is 25.8. The zero-order valence-electron chi connectivity index (χ0n) is 8.13. The van der Waals surface area contributed by atoms with Crippen LogP contribution < -0.4 is 0 Å². The Hall–Kier alpha value is -1.61. The molecule has 0 aliphatic carbocycles. The fourth-order valence-corrected chi connectivity index (χ4v) is 1.97. The Balaban J connectivity index is 2.27. The smallest absolute Gasteiger partial charge is 0.166 e. The molecule has 1 N–H and O–H groups in total. The lowest BCUT2D eigenvalue weighted by molar-refractivity contribution is 0.510. The van der Waals surface area contributed by atoms with Crippen LogP contribution in [-0.2, 0) is 0 Å². The van der Waals surface area contributed by atoms with E-state index in [4.69, 9.17) is 5.26 Å². The van der Waals surface area contributed by atoms with E-state index in [1.807, 2.05) is 6.07 Å². The molecule has 0 aliphatic rings. The van der Waals surface area contributed by atoms with Crippen molar-refractivity contribution in [3.05, 3.63) is 23.8 Å². The van der Waals surface area contributed by atoms with Gasteiger partial charge in [-0.1, -0.05) is 11.8 Å². The van der Waals surface area contributed by atoms with E-state index in [0.29, 0.717) is 28.4 Å². The van der Waals surface area contributed by atoms with Crippen LogP contribution in [0.3, 0.4) is 0 Å². The molecule has 2 rings (SSSR count). The molecule has 6 heteroatoms. The highest BCUT2D eigenvalue weighted by Gasteiger charge is 2.08.